The molecule has 0 bridgehead atoms. The van der Waals surface area contributed by atoms with Crippen LogP contribution in [0.2, 0.25) is 0 Å². The number of piperidine rings is 1. The Hall–Kier alpha value is -1.43. The van der Waals surface area contributed by atoms with Gasteiger partial charge in [0.15, 0.2) is 0 Å². The van der Waals surface area contributed by atoms with Crippen molar-refractivity contribution in [3.63, 3.8) is 0 Å². The van der Waals surface area contributed by atoms with Gasteiger partial charge in [-0.15, -0.1) is 0 Å². The van der Waals surface area contributed by atoms with Crippen LogP contribution in [0.25, 0.3) is 0 Å². The maximum absolute atomic E-state index is 12.1. The topological polar surface area (TPSA) is 60.2 Å². The Morgan fingerprint density at radius 1 is 1.45 bits per heavy atom. The van der Waals surface area contributed by atoms with E-state index in [-0.39, 0.29) is 11.9 Å². The molecule has 1 aromatic rings. The van der Waals surface area contributed by atoms with Gasteiger partial charge in [-0.1, -0.05) is 0 Å². The molecule has 0 aliphatic carbocycles. The second-order valence-corrected chi connectivity index (χ2v) is 5.23. The van der Waals surface area contributed by atoms with E-state index in [0.717, 1.165) is 37.6 Å². The first kappa shape index (κ1) is 15.0. The third-order valence-corrected chi connectivity index (χ3v) is 3.67. The van der Waals surface area contributed by atoms with Crippen molar-refractivity contribution in [1.29, 1.82) is 0 Å². The quantitative estimate of drug-likeness (QED) is 0.767. The first-order valence-electron chi connectivity index (χ1n) is 7.37. The number of likely N-dealkylation sites (tertiary alicyclic amines) is 1. The van der Waals surface area contributed by atoms with Gasteiger partial charge in [0, 0.05) is 19.7 Å². The minimum Gasteiger partial charge on any atom is -0.381 e. The number of carbonyl (C=O) groups excluding carboxylic acids is 1. The number of amides is 1. The predicted molar refractivity (Wildman–Crippen MR) is 75.5 cm³/mol. The maximum Gasteiger partial charge on any atom is 0.224 e. The molecule has 2 heterocycles. The fraction of sp³-hybridized carbons (Fsp3) is 0.786. The highest BCUT2D eigenvalue weighted by atomic mass is 16.5. The van der Waals surface area contributed by atoms with Crippen LogP contribution in [0.15, 0.2) is 0 Å². The van der Waals surface area contributed by atoms with Gasteiger partial charge in [0.25, 0.3) is 0 Å². The zero-order valence-electron chi connectivity index (χ0n) is 12.6. The molecule has 0 saturated carbocycles. The second kappa shape index (κ2) is 6.83. The molecule has 6 nitrogen and oxygen atoms in total. The number of hydrogen-bond acceptors (Lipinski definition) is 4. The van der Waals surface area contributed by atoms with Crippen LogP contribution in [-0.4, -0.2) is 51.9 Å². The Balaban J connectivity index is 1.94. The predicted octanol–water partition coefficient (Wildman–Crippen LogP) is 1.49. The summed E-state index contributed by atoms with van der Waals surface area (Å²) >= 11 is 0. The minimum atomic E-state index is 0.178. The van der Waals surface area contributed by atoms with E-state index in [1.54, 1.807) is 0 Å². The third kappa shape index (κ3) is 3.56. The van der Waals surface area contributed by atoms with Crippen LogP contribution in [0.1, 0.15) is 43.9 Å². The van der Waals surface area contributed by atoms with Crippen molar-refractivity contribution >= 4 is 5.91 Å². The molecule has 20 heavy (non-hydrogen) atoms. The van der Waals surface area contributed by atoms with E-state index in [1.807, 2.05) is 30.4 Å². The van der Waals surface area contributed by atoms with Gasteiger partial charge in [-0.25, -0.2) is 9.67 Å². The molecule has 0 aromatic carbocycles. The Bertz CT molecular complexity index is 458. The van der Waals surface area contributed by atoms with Crippen LogP contribution in [0.5, 0.6) is 0 Å². The first-order chi connectivity index (χ1) is 9.61. The Morgan fingerprint density at radius 3 is 2.90 bits per heavy atom. The summed E-state index contributed by atoms with van der Waals surface area (Å²) in [5.41, 5.74) is 0. The van der Waals surface area contributed by atoms with Gasteiger partial charge in [0.05, 0.1) is 19.1 Å². The lowest BCUT2D eigenvalue weighted by atomic mass is 10.1. The lowest BCUT2D eigenvalue weighted by molar-refractivity contribution is -0.134. The zero-order chi connectivity index (χ0) is 14.5. The molecule has 112 valence electrons. The Morgan fingerprint density at radius 2 is 2.25 bits per heavy atom. The number of nitrogens with zero attached hydrogens (tertiary/aromatic N) is 4. The van der Waals surface area contributed by atoms with E-state index < -0.39 is 0 Å². The van der Waals surface area contributed by atoms with E-state index in [1.165, 1.54) is 0 Å². The fourth-order valence-corrected chi connectivity index (χ4v) is 2.72. The average Bonchev–Trinajstić information content (AvgIpc) is 2.78. The summed E-state index contributed by atoms with van der Waals surface area (Å²) in [6.07, 6.45) is 2.54. The van der Waals surface area contributed by atoms with Crippen molar-refractivity contribution in [3.05, 3.63) is 11.6 Å². The van der Waals surface area contributed by atoms with E-state index in [2.05, 4.69) is 10.1 Å². The van der Waals surface area contributed by atoms with Crippen molar-refractivity contribution in [2.24, 2.45) is 0 Å². The molecule has 0 radical (unpaired) electrons. The summed E-state index contributed by atoms with van der Waals surface area (Å²) in [5, 5.41) is 4.45. The molecule has 1 aliphatic heterocycles. The standard InChI is InChI=1S/C14H24N4O2/c1-4-20-9-7-14(19)17-8-5-6-13(10-17)18-12(3)15-11(2)16-18/h13H,4-10H2,1-3H3. The lowest BCUT2D eigenvalue weighted by Gasteiger charge is -2.33. The highest BCUT2D eigenvalue weighted by molar-refractivity contribution is 5.76. The van der Waals surface area contributed by atoms with Crippen LogP contribution >= 0.6 is 0 Å². The molecule has 1 unspecified atom stereocenters. The Kier molecular flexibility index (Phi) is 5.11. The fourth-order valence-electron chi connectivity index (χ4n) is 2.72. The van der Waals surface area contributed by atoms with E-state index in [9.17, 15) is 4.79 Å². The molecule has 1 amide bonds. The first-order valence-corrected chi connectivity index (χ1v) is 7.37. The molecule has 1 saturated heterocycles. The molecule has 1 aromatic heterocycles. The zero-order valence-corrected chi connectivity index (χ0v) is 12.6. The third-order valence-electron chi connectivity index (χ3n) is 3.67. The number of hydrogen-bond donors (Lipinski definition) is 0. The summed E-state index contributed by atoms with van der Waals surface area (Å²) < 4.78 is 7.22. The highest BCUT2D eigenvalue weighted by Crippen LogP contribution is 2.22. The summed E-state index contributed by atoms with van der Waals surface area (Å²) in [7, 11) is 0. The van der Waals surface area contributed by atoms with E-state index in [4.69, 9.17) is 4.74 Å². The maximum atomic E-state index is 12.1. The molecule has 0 N–H and O–H groups in total. The van der Waals surface area contributed by atoms with Crippen LogP contribution < -0.4 is 0 Å². The smallest absolute Gasteiger partial charge is 0.224 e. The van der Waals surface area contributed by atoms with Crippen LogP contribution in [0.3, 0.4) is 0 Å². The molecular formula is C14H24N4O2. The van der Waals surface area contributed by atoms with Crippen LogP contribution in [0, 0.1) is 13.8 Å². The summed E-state index contributed by atoms with van der Waals surface area (Å²) in [6.45, 7) is 8.55. The normalized spacial score (nSPS) is 19.4. The van der Waals surface area contributed by atoms with Crippen molar-refractivity contribution < 1.29 is 9.53 Å². The summed E-state index contributed by atoms with van der Waals surface area (Å²) in [6, 6.07) is 0.251. The van der Waals surface area contributed by atoms with Crippen LogP contribution in [0.4, 0.5) is 0 Å². The van der Waals surface area contributed by atoms with Gasteiger partial charge in [0.1, 0.15) is 11.6 Å². The number of rotatable bonds is 5. The minimum absolute atomic E-state index is 0.178. The summed E-state index contributed by atoms with van der Waals surface area (Å²) in [5.74, 6) is 1.90. The largest absolute Gasteiger partial charge is 0.381 e. The van der Waals surface area contributed by atoms with Gasteiger partial charge in [0.2, 0.25) is 5.91 Å². The number of aryl methyl sites for hydroxylation is 2. The molecule has 0 spiro atoms. The molecule has 2 rings (SSSR count). The molecular weight excluding hydrogens is 256 g/mol. The van der Waals surface area contributed by atoms with E-state index >= 15 is 0 Å². The van der Waals surface area contributed by atoms with Gasteiger partial charge in [-0.2, -0.15) is 5.10 Å². The SMILES string of the molecule is CCOCCC(=O)N1CCCC(n2nc(C)nc2C)C1. The molecule has 1 aliphatic rings. The molecule has 1 atom stereocenters. The van der Waals surface area contributed by atoms with Gasteiger partial charge in [-0.05, 0) is 33.6 Å². The van der Waals surface area contributed by atoms with Crippen molar-refractivity contribution in [1.82, 2.24) is 19.7 Å². The summed E-state index contributed by atoms with van der Waals surface area (Å²) in [4.78, 5) is 18.4. The van der Waals surface area contributed by atoms with Crippen molar-refractivity contribution in [3.8, 4) is 0 Å². The van der Waals surface area contributed by atoms with Crippen LogP contribution in [-0.2, 0) is 9.53 Å². The van der Waals surface area contributed by atoms with Gasteiger partial charge < -0.3 is 9.64 Å². The lowest BCUT2D eigenvalue weighted by Crippen LogP contribution is -2.41. The Labute approximate surface area is 120 Å². The van der Waals surface area contributed by atoms with Crippen molar-refractivity contribution in [2.45, 2.75) is 46.1 Å². The molecule has 6 heteroatoms. The number of aromatic nitrogens is 3. The average molecular weight is 280 g/mol. The monoisotopic (exact) mass is 280 g/mol. The second-order valence-electron chi connectivity index (χ2n) is 5.23. The van der Waals surface area contributed by atoms with E-state index in [0.29, 0.717) is 19.6 Å². The highest BCUT2D eigenvalue weighted by Gasteiger charge is 2.26. The molecule has 1 fully saturated rings. The number of carbonyl (C=O) groups is 1. The number of ether oxygens (including phenoxy) is 1. The van der Waals surface area contributed by atoms with Gasteiger partial charge >= 0.3 is 0 Å². The van der Waals surface area contributed by atoms with Crippen molar-refractivity contribution in [2.75, 3.05) is 26.3 Å². The van der Waals surface area contributed by atoms with Gasteiger partial charge in [-0.3, -0.25) is 4.79 Å².